The van der Waals surface area contributed by atoms with Gasteiger partial charge in [-0.15, -0.1) is 10.2 Å². The Morgan fingerprint density at radius 3 is 2.94 bits per heavy atom. The zero-order valence-electron chi connectivity index (χ0n) is 10.6. The Hall–Kier alpha value is -1.84. The molecule has 1 unspecified atom stereocenters. The highest BCUT2D eigenvalue weighted by Gasteiger charge is 2.19. The second-order valence-corrected chi connectivity index (χ2v) is 5.00. The van der Waals surface area contributed by atoms with Gasteiger partial charge in [-0.05, 0) is 24.5 Å². The quantitative estimate of drug-likeness (QED) is 0.899. The van der Waals surface area contributed by atoms with Gasteiger partial charge in [-0.25, -0.2) is 0 Å². The number of hydrogen-bond donors (Lipinski definition) is 1. The highest BCUT2D eigenvalue weighted by atomic mass is 15.3. The molecule has 3 rings (SSSR count). The largest absolute Gasteiger partial charge is 0.378 e. The molecule has 0 aliphatic carbocycles. The third kappa shape index (κ3) is 2.23. The van der Waals surface area contributed by atoms with Crippen LogP contribution in [0.15, 0.2) is 30.3 Å². The van der Waals surface area contributed by atoms with Crippen molar-refractivity contribution in [3.63, 3.8) is 0 Å². The fourth-order valence-corrected chi connectivity index (χ4v) is 2.41. The van der Waals surface area contributed by atoms with Gasteiger partial charge >= 0.3 is 0 Å². The first-order valence-corrected chi connectivity index (χ1v) is 6.53. The van der Waals surface area contributed by atoms with Crippen molar-refractivity contribution in [2.24, 2.45) is 5.92 Å². The van der Waals surface area contributed by atoms with Crippen LogP contribution in [0.4, 0.5) is 5.69 Å². The maximum absolute atomic E-state index is 4.30. The lowest BCUT2D eigenvalue weighted by Gasteiger charge is -2.20. The van der Waals surface area contributed by atoms with Gasteiger partial charge in [0, 0.05) is 18.7 Å². The second-order valence-electron chi connectivity index (χ2n) is 5.00. The van der Waals surface area contributed by atoms with Gasteiger partial charge in [-0.2, -0.15) is 0 Å². The van der Waals surface area contributed by atoms with Gasteiger partial charge in [0.15, 0.2) is 5.82 Å². The normalized spacial score (nSPS) is 18.4. The van der Waals surface area contributed by atoms with E-state index in [1.165, 1.54) is 6.42 Å². The number of rotatable bonds is 3. The molecule has 0 spiro atoms. The monoisotopic (exact) mass is 242 g/mol. The Bertz CT molecular complexity index is 518. The summed E-state index contributed by atoms with van der Waals surface area (Å²) >= 11 is 0. The van der Waals surface area contributed by atoms with Crippen LogP contribution in [0, 0.1) is 5.92 Å². The molecule has 18 heavy (non-hydrogen) atoms. The van der Waals surface area contributed by atoms with Gasteiger partial charge in [0.25, 0.3) is 0 Å². The summed E-state index contributed by atoms with van der Waals surface area (Å²) in [4.78, 5) is 0. The lowest BCUT2D eigenvalue weighted by atomic mass is 10.0. The molecular weight excluding hydrogens is 224 g/mol. The summed E-state index contributed by atoms with van der Waals surface area (Å²) in [6.45, 7) is 4.07. The van der Waals surface area contributed by atoms with Crippen molar-refractivity contribution in [1.82, 2.24) is 14.8 Å². The van der Waals surface area contributed by atoms with Crippen molar-refractivity contribution in [2.45, 2.75) is 32.9 Å². The molecule has 2 heterocycles. The third-order valence-electron chi connectivity index (χ3n) is 3.50. The minimum Gasteiger partial charge on any atom is -0.378 e. The summed E-state index contributed by atoms with van der Waals surface area (Å²) in [7, 11) is 0. The minimum absolute atomic E-state index is 0.733. The molecule has 2 aromatic rings. The first kappa shape index (κ1) is 11.3. The van der Waals surface area contributed by atoms with E-state index in [0.717, 1.165) is 42.8 Å². The number of para-hydroxylation sites is 1. The molecule has 1 N–H and O–H groups in total. The van der Waals surface area contributed by atoms with Crippen LogP contribution in [0.5, 0.6) is 0 Å². The fourth-order valence-electron chi connectivity index (χ4n) is 2.41. The third-order valence-corrected chi connectivity index (χ3v) is 3.50. The molecule has 0 amide bonds. The molecule has 0 saturated carbocycles. The summed E-state index contributed by atoms with van der Waals surface area (Å²) in [5.74, 6) is 2.91. The number of aromatic nitrogens is 3. The van der Waals surface area contributed by atoms with Crippen molar-refractivity contribution in [1.29, 1.82) is 0 Å². The number of nitrogens with one attached hydrogen (secondary N) is 1. The number of nitrogens with zero attached hydrogens (tertiary/aromatic N) is 3. The summed E-state index contributed by atoms with van der Waals surface area (Å²) in [6, 6.07) is 10.2. The number of hydrogen-bond acceptors (Lipinski definition) is 3. The van der Waals surface area contributed by atoms with E-state index < -0.39 is 0 Å². The van der Waals surface area contributed by atoms with E-state index in [-0.39, 0.29) is 0 Å². The van der Waals surface area contributed by atoms with Crippen molar-refractivity contribution < 1.29 is 0 Å². The Kier molecular flexibility index (Phi) is 3.00. The topological polar surface area (TPSA) is 42.7 Å². The number of anilines is 1. The molecule has 94 valence electrons. The maximum Gasteiger partial charge on any atom is 0.152 e. The summed E-state index contributed by atoms with van der Waals surface area (Å²) in [5.41, 5.74) is 1.12. The summed E-state index contributed by atoms with van der Waals surface area (Å²) < 4.78 is 2.26. The van der Waals surface area contributed by atoms with Gasteiger partial charge in [-0.1, -0.05) is 25.1 Å². The van der Waals surface area contributed by atoms with Crippen LogP contribution in [0.25, 0.3) is 0 Å². The SMILES string of the molecule is CC1CCn2c(CNc3ccccc3)nnc2C1. The number of fused-ring (bicyclic) bond motifs is 1. The van der Waals surface area contributed by atoms with Crippen LogP contribution in [0.1, 0.15) is 25.0 Å². The second kappa shape index (κ2) is 4.80. The minimum atomic E-state index is 0.733. The molecule has 1 aliphatic heterocycles. The van der Waals surface area contributed by atoms with Crippen molar-refractivity contribution >= 4 is 5.69 Å². The van der Waals surface area contributed by atoms with Crippen LogP contribution in [0.2, 0.25) is 0 Å². The molecule has 1 atom stereocenters. The first-order valence-electron chi connectivity index (χ1n) is 6.53. The van der Waals surface area contributed by atoms with Gasteiger partial charge in [0.05, 0.1) is 6.54 Å². The Morgan fingerprint density at radius 1 is 1.28 bits per heavy atom. The van der Waals surface area contributed by atoms with E-state index in [1.807, 2.05) is 18.2 Å². The Balaban J connectivity index is 1.71. The van der Waals surface area contributed by atoms with E-state index >= 15 is 0 Å². The lowest BCUT2D eigenvalue weighted by Crippen LogP contribution is -2.20. The lowest BCUT2D eigenvalue weighted by molar-refractivity contribution is 0.403. The Labute approximate surface area is 107 Å². The average molecular weight is 242 g/mol. The molecule has 0 bridgehead atoms. The molecule has 1 aliphatic rings. The van der Waals surface area contributed by atoms with Crippen LogP contribution in [-0.2, 0) is 19.5 Å². The van der Waals surface area contributed by atoms with E-state index in [4.69, 9.17) is 0 Å². The number of benzene rings is 1. The van der Waals surface area contributed by atoms with E-state index in [1.54, 1.807) is 0 Å². The van der Waals surface area contributed by atoms with Crippen molar-refractivity contribution in [3.8, 4) is 0 Å². The van der Waals surface area contributed by atoms with Gasteiger partial charge in [0.2, 0.25) is 0 Å². The van der Waals surface area contributed by atoms with E-state index in [2.05, 4.69) is 39.1 Å². The van der Waals surface area contributed by atoms with E-state index in [0.29, 0.717) is 0 Å². The van der Waals surface area contributed by atoms with Crippen LogP contribution in [-0.4, -0.2) is 14.8 Å². The average Bonchev–Trinajstić information content (AvgIpc) is 2.80. The van der Waals surface area contributed by atoms with Gasteiger partial charge < -0.3 is 9.88 Å². The van der Waals surface area contributed by atoms with Crippen LogP contribution < -0.4 is 5.32 Å². The maximum atomic E-state index is 4.30. The zero-order valence-corrected chi connectivity index (χ0v) is 10.6. The van der Waals surface area contributed by atoms with Gasteiger partial charge in [0.1, 0.15) is 5.82 Å². The van der Waals surface area contributed by atoms with Gasteiger partial charge in [-0.3, -0.25) is 0 Å². The zero-order chi connectivity index (χ0) is 12.4. The Morgan fingerprint density at radius 2 is 2.11 bits per heavy atom. The van der Waals surface area contributed by atoms with Crippen molar-refractivity contribution in [3.05, 3.63) is 42.0 Å². The molecule has 0 fully saturated rings. The highest BCUT2D eigenvalue weighted by molar-refractivity contribution is 5.42. The summed E-state index contributed by atoms with van der Waals surface area (Å²) in [6.07, 6.45) is 2.28. The molecular formula is C14H18N4. The fraction of sp³-hybridized carbons (Fsp3) is 0.429. The summed E-state index contributed by atoms with van der Waals surface area (Å²) in [5, 5.41) is 12.0. The smallest absolute Gasteiger partial charge is 0.152 e. The van der Waals surface area contributed by atoms with Crippen LogP contribution >= 0.6 is 0 Å². The molecule has 4 heteroatoms. The molecule has 1 aromatic carbocycles. The standard InChI is InChI=1S/C14H18N4/c1-11-7-8-18-13(9-11)16-17-14(18)10-15-12-5-3-2-4-6-12/h2-6,11,15H,7-10H2,1H3. The highest BCUT2D eigenvalue weighted by Crippen LogP contribution is 2.20. The molecule has 4 nitrogen and oxygen atoms in total. The van der Waals surface area contributed by atoms with E-state index in [9.17, 15) is 0 Å². The molecule has 0 radical (unpaired) electrons. The molecule has 0 saturated heterocycles. The molecule has 1 aromatic heterocycles. The van der Waals surface area contributed by atoms with Crippen LogP contribution in [0.3, 0.4) is 0 Å². The first-order chi connectivity index (χ1) is 8.83. The van der Waals surface area contributed by atoms with Crippen molar-refractivity contribution in [2.75, 3.05) is 5.32 Å². The predicted octanol–water partition coefficient (Wildman–Crippen LogP) is 2.47. The predicted molar refractivity (Wildman–Crippen MR) is 71.3 cm³/mol.